The van der Waals surface area contributed by atoms with Crippen LogP contribution in [0.5, 0.6) is 0 Å². The van der Waals surface area contributed by atoms with Crippen LogP contribution in [0.2, 0.25) is 0 Å². The Bertz CT molecular complexity index is 98.8. The van der Waals surface area contributed by atoms with Crippen LogP contribution in [-0.2, 0) is 0 Å². The number of hydrogen-bond donors (Lipinski definition) is 1. The van der Waals surface area contributed by atoms with Gasteiger partial charge in [0.05, 0.1) is 0 Å². The van der Waals surface area contributed by atoms with Crippen LogP contribution < -0.4 is 5.09 Å². The van der Waals surface area contributed by atoms with Gasteiger partial charge in [0.2, 0.25) is 0 Å². The van der Waals surface area contributed by atoms with Crippen LogP contribution in [0.1, 0.15) is 0 Å². The van der Waals surface area contributed by atoms with Crippen molar-refractivity contribution in [2.75, 3.05) is 27.0 Å². The van der Waals surface area contributed by atoms with Gasteiger partial charge in [-0.15, -0.1) is 0 Å². The van der Waals surface area contributed by atoms with Gasteiger partial charge < -0.3 is 0 Å². The van der Waals surface area contributed by atoms with E-state index in [0.29, 0.717) is 0 Å². The molecule has 8 heavy (non-hydrogen) atoms. The molecule has 0 bridgehead atoms. The zero-order valence-electron chi connectivity index (χ0n) is 6.23. The molecule has 0 amide bonds. The number of rotatable bonds is 2. The van der Waals surface area contributed by atoms with Gasteiger partial charge in [-0.05, 0) is 0 Å². The van der Waals surface area contributed by atoms with Crippen LogP contribution in [0.15, 0.2) is 12.4 Å². The van der Waals surface area contributed by atoms with Gasteiger partial charge in [-0.25, -0.2) is 0 Å². The quantitative estimate of drug-likeness (QED) is 0.565. The van der Waals surface area contributed by atoms with Crippen molar-refractivity contribution in [3.05, 3.63) is 12.4 Å². The number of hydrogen-bond acceptors (Lipinski definition) is 1. The molecule has 0 rings (SSSR count). The third-order valence-electron chi connectivity index (χ3n) is 1.44. The van der Waals surface area contributed by atoms with Gasteiger partial charge >= 0.3 is 51.3 Å². The van der Waals surface area contributed by atoms with Crippen LogP contribution in [0.3, 0.4) is 0 Å². The number of nitrogens with one attached hydrogen (secondary N) is 1. The van der Waals surface area contributed by atoms with Gasteiger partial charge in [0, 0.05) is 0 Å². The summed E-state index contributed by atoms with van der Waals surface area (Å²) in [6.45, 7) is 8.85. The summed E-state index contributed by atoms with van der Waals surface area (Å²) in [6, 6.07) is 0. The second-order valence-electron chi connectivity index (χ2n) is 3.32. The molecule has 0 aliphatic carbocycles. The summed E-state index contributed by atoms with van der Waals surface area (Å²) in [5, 5.41) is 3.28. The molecule has 1 N–H and O–H groups in total. The molecular weight excluding hydrogens is 117 g/mol. The standard InChI is InChI=1S/C6H16NP/c1-6-8(3,4,5)7-2/h6-7H,1H2,2-5H3. The second kappa shape index (κ2) is 1.82. The molecule has 0 spiro atoms. The monoisotopic (exact) mass is 133 g/mol. The summed E-state index contributed by atoms with van der Waals surface area (Å²) < 4.78 is 0. The Hall–Kier alpha value is 0.130. The SMILES string of the molecule is C=CP(C)(C)(C)NC. The molecule has 0 saturated heterocycles. The summed E-state index contributed by atoms with van der Waals surface area (Å²) in [6.07, 6.45) is 0. The van der Waals surface area contributed by atoms with E-state index in [1.54, 1.807) is 0 Å². The third-order valence-corrected chi connectivity index (χ3v) is 4.32. The molecule has 0 fully saturated rings. The third kappa shape index (κ3) is 2.44. The Labute approximate surface area is 52.1 Å². The summed E-state index contributed by atoms with van der Waals surface area (Å²) in [7, 11) is 1.99. The predicted octanol–water partition coefficient (Wildman–Crippen LogP) is 1.71. The molecule has 0 unspecified atom stereocenters. The first-order valence-corrected chi connectivity index (χ1v) is 6.38. The van der Waals surface area contributed by atoms with Crippen LogP contribution >= 0.6 is 6.75 Å². The van der Waals surface area contributed by atoms with Crippen LogP contribution in [-0.4, -0.2) is 27.0 Å². The Balaban J connectivity index is 4.21. The van der Waals surface area contributed by atoms with Gasteiger partial charge in [-0.2, -0.15) is 0 Å². The fourth-order valence-corrected chi connectivity index (χ4v) is 0.274. The zero-order valence-corrected chi connectivity index (χ0v) is 7.13. The first-order chi connectivity index (χ1) is 3.39. The molecule has 0 aromatic carbocycles. The first kappa shape index (κ1) is 8.13. The van der Waals surface area contributed by atoms with E-state index >= 15 is 0 Å². The molecule has 0 saturated carbocycles. The minimum absolute atomic E-state index is 1.59. The molecule has 50 valence electrons. The maximum atomic E-state index is 3.77. The van der Waals surface area contributed by atoms with Crippen molar-refractivity contribution in [3.63, 3.8) is 0 Å². The fraction of sp³-hybridized carbons (Fsp3) is 0.667. The predicted molar refractivity (Wildman–Crippen MR) is 43.9 cm³/mol. The Morgan fingerprint density at radius 1 is 1.38 bits per heavy atom. The molecule has 0 atom stereocenters. The van der Waals surface area contributed by atoms with Gasteiger partial charge in [-0.3, -0.25) is 0 Å². The maximum absolute atomic E-state index is 3.77. The normalized spacial score (nSPS) is 16.8. The molecule has 0 aliphatic heterocycles. The topological polar surface area (TPSA) is 12.0 Å². The molecule has 0 aliphatic rings. The van der Waals surface area contributed by atoms with E-state index in [1.807, 2.05) is 12.9 Å². The van der Waals surface area contributed by atoms with Gasteiger partial charge in [0.15, 0.2) is 0 Å². The Morgan fingerprint density at radius 2 is 1.75 bits per heavy atom. The molecule has 0 radical (unpaired) electrons. The van der Waals surface area contributed by atoms with E-state index in [1.165, 1.54) is 0 Å². The van der Waals surface area contributed by atoms with E-state index < -0.39 is 6.75 Å². The van der Waals surface area contributed by atoms with E-state index in [2.05, 4.69) is 31.7 Å². The van der Waals surface area contributed by atoms with Crippen LogP contribution in [0, 0.1) is 0 Å². The average Bonchev–Trinajstić information content (AvgIpc) is 1.68. The summed E-state index contributed by atoms with van der Waals surface area (Å²) in [5.41, 5.74) is 0. The average molecular weight is 133 g/mol. The molecular formula is C6H16NP. The summed E-state index contributed by atoms with van der Waals surface area (Å²) in [4.78, 5) is 0. The Morgan fingerprint density at radius 3 is 1.75 bits per heavy atom. The molecule has 0 aromatic heterocycles. The van der Waals surface area contributed by atoms with Crippen molar-refractivity contribution < 1.29 is 0 Å². The fourth-order valence-electron chi connectivity index (χ4n) is 0.0913. The molecule has 0 aromatic rings. The van der Waals surface area contributed by atoms with Crippen molar-refractivity contribution in [1.29, 1.82) is 0 Å². The van der Waals surface area contributed by atoms with E-state index in [0.717, 1.165) is 0 Å². The van der Waals surface area contributed by atoms with E-state index in [9.17, 15) is 0 Å². The van der Waals surface area contributed by atoms with Gasteiger partial charge in [0.1, 0.15) is 0 Å². The summed E-state index contributed by atoms with van der Waals surface area (Å²) >= 11 is 0. The van der Waals surface area contributed by atoms with Crippen LogP contribution in [0.25, 0.3) is 0 Å². The Kier molecular flexibility index (Phi) is 1.85. The second-order valence-corrected chi connectivity index (χ2v) is 9.97. The van der Waals surface area contributed by atoms with Crippen molar-refractivity contribution in [2.45, 2.75) is 0 Å². The molecule has 0 heterocycles. The van der Waals surface area contributed by atoms with Gasteiger partial charge in [-0.1, -0.05) is 0 Å². The van der Waals surface area contributed by atoms with Crippen molar-refractivity contribution >= 4 is 6.75 Å². The van der Waals surface area contributed by atoms with E-state index in [-0.39, 0.29) is 0 Å². The molecule has 2 heteroatoms. The van der Waals surface area contributed by atoms with Crippen LogP contribution in [0.4, 0.5) is 0 Å². The van der Waals surface area contributed by atoms with Crippen molar-refractivity contribution in [1.82, 2.24) is 5.09 Å². The van der Waals surface area contributed by atoms with Crippen molar-refractivity contribution in [2.24, 2.45) is 0 Å². The minimum atomic E-state index is -1.59. The van der Waals surface area contributed by atoms with Crippen molar-refractivity contribution in [3.8, 4) is 0 Å². The zero-order chi connectivity index (χ0) is 6.86. The van der Waals surface area contributed by atoms with E-state index in [4.69, 9.17) is 0 Å². The van der Waals surface area contributed by atoms with Gasteiger partial charge in [0.25, 0.3) is 0 Å². The molecule has 1 nitrogen and oxygen atoms in total. The first-order valence-electron chi connectivity index (χ1n) is 2.73. The summed E-state index contributed by atoms with van der Waals surface area (Å²) in [5.74, 6) is 2.03.